The van der Waals surface area contributed by atoms with Crippen LogP contribution in [0, 0.1) is 0 Å². The highest BCUT2D eigenvalue weighted by atomic mass is 16.5. The minimum Gasteiger partial charge on any atom is -0.382 e. The summed E-state index contributed by atoms with van der Waals surface area (Å²) in [4.78, 5) is 4.52. The number of ether oxygens (including phenoxy) is 1. The molecule has 0 radical (unpaired) electrons. The van der Waals surface area contributed by atoms with Crippen LogP contribution in [0.4, 0.5) is 0 Å². The predicted molar refractivity (Wildman–Crippen MR) is 74.6 cm³/mol. The zero-order chi connectivity index (χ0) is 13.4. The molecule has 1 aromatic rings. The maximum Gasteiger partial charge on any atom is 0.125 e. The highest BCUT2D eigenvalue weighted by Gasteiger charge is 2.16. The first-order valence-electron chi connectivity index (χ1n) is 7.00. The monoisotopic (exact) mass is 253 g/mol. The first-order chi connectivity index (χ1) is 8.72. The fourth-order valence-corrected chi connectivity index (χ4v) is 2.15. The summed E-state index contributed by atoms with van der Waals surface area (Å²) in [6.07, 6.45) is 7.52. The van der Waals surface area contributed by atoms with E-state index in [4.69, 9.17) is 4.74 Å². The van der Waals surface area contributed by atoms with E-state index in [1.807, 2.05) is 6.20 Å². The van der Waals surface area contributed by atoms with E-state index in [0.717, 1.165) is 38.2 Å². The smallest absolute Gasteiger partial charge is 0.125 e. The topological polar surface area (TPSA) is 39.1 Å². The van der Waals surface area contributed by atoms with Crippen molar-refractivity contribution in [2.75, 3.05) is 13.7 Å². The normalized spacial score (nSPS) is 14.7. The first-order valence-corrected chi connectivity index (χ1v) is 7.00. The maximum atomic E-state index is 5.32. The minimum atomic E-state index is 0.306. The van der Waals surface area contributed by atoms with Crippen molar-refractivity contribution in [3.05, 3.63) is 18.2 Å². The molecule has 0 bridgehead atoms. The van der Waals surface area contributed by atoms with Crippen LogP contribution in [0.15, 0.2) is 12.4 Å². The van der Waals surface area contributed by atoms with Gasteiger partial charge in [0.15, 0.2) is 0 Å². The Hall–Kier alpha value is -0.870. The molecule has 1 heterocycles. The quantitative estimate of drug-likeness (QED) is 0.735. The zero-order valence-electron chi connectivity index (χ0n) is 12.1. The summed E-state index contributed by atoms with van der Waals surface area (Å²) in [6, 6.07) is 0.328. The van der Waals surface area contributed by atoms with Gasteiger partial charge in [-0.05, 0) is 32.7 Å². The van der Waals surface area contributed by atoms with Gasteiger partial charge in [-0.15, -0.1) is 0 Å². The van der Waals surface area contributed by atoms with Crippen molar-refractivity contribution in [3.8, 4) is 0 Å². The van der Waals surface area contributed by atoms with Crippen LogP contribution in [0.3, 0.4) is 0 Å². The molecule has 0 aliphatic heterocycles. The van der Waals surface area contributed by atoms with Gasteiger partial charge in [-0.1, -0.05) is 13.8 Å². The Kier molecular flexibility index (Phi) is 6.98. The molecule has 104 valence electrons. The van der Waals surface area contributed by atoms with Gasteiger partial charge in [0.1, 0.15) is 5.82 Å². The maximum absolute atomic E-state index is 5.32. The van der Waals surface area contributed by atoms with E-state index >= 15 is 0 Å². The summed E-state index contributed by atoms with van der Waals surface area (Å²) < 4.78 is 7.57. The lowest BCUT2D eigenvalue weighted by atomic mass is 10.1. The summed E-state index contributed by atoms with van der Waals surface area (Å²) in [5.74, 6) is 1.15. The molecule has 0 aliphatic rings. The van der Waals surface area contributed by atoms with Gasteiger partial charge in [-0.3, -0.25) is 0 Å². The van der Waals surface area contributed by atoms with Crippen molar-refractivity contribution in [2.45, 2.75) is 58.7 Å². The molecule has 0 amide bonds. The van der Waals surface area contributed by atoms with Gasteiger partial charge in [0.25, 0.3) is 0 Å². The molecule has 2 atom stereocenters. The van der Waals surface area contributed by atoms with E-state index in [1.165, 1.54) is 0 Å². The summed E-state index contributed by atoms with van der Waals surface area (Å²) >= 11 is 0. The summed E-state index contributed by atoms with van der Waals surface area (Å²) in [5, 5.41) is 3.52. The van der Waals surface area contributed by atoms with E-state index in [2.05, 4.69) is 41.8 Å². The van der Waals surface area contributed by atoms with E-state index in [9.17, 15) is 0 Å². The number of nitrogens with one attached hydrogen (secondary N) is 1. The fraction of sp³-hybridized carbons (Fsp3) is 0.786. The molecule has 0 saturated heterocycles. The van der Waals surface area contributed by atoms with Gasteiger partial charge >= 0.3 is 0 Å². The number of rotatable bonds is 9. The molecular formula is C14H27N3O. The molecule has 0 fully saturated rings. The van der Waals surface area contributed by atoms with Crippen LogP contribution in [0.5, 0.6) is 0 Å². The van der Waals surface area contributed by atoms with Crippen LogP contribution in [-0.2, 0) is 11.3 Å². The van der Waals surface area contributed by atoms with Crippen LogP contribution in [-0.4, -0.2) is 29.3 Å². The average molecular weight is 253 g/mol. The third-order valence-electron chi connectivity index (χ3n) is 3.24. The lowest BCUT2D eigenvalue weighted by molar-refractivity contribution is 0.105. The van der Waals surface area contributed by atoms with E-state index in [0.29, 0.717) is 12.1 Å². The molecule has 0 spiro atoms. The second-order valence-corrected chi connectivity index (χ2v) is 4.71. The summed E-state index contributed by atoms with van der Waals surface area (Å²) in [6.45, 7) is 8.45. The van der Waals surface area contributed by atoms with Crippen LogP contribution in [0.25, 0.3) is 0 Å². The second-order valence-electron chi connectivity index (χ2n) is 4.71. The molecule has 1 rings (SSSR count). The van der Waals surface area contributed by atoms with Crippen LogP contribution < -0.4 is 5.32 Å². The number of methoxy groups -OCH3 is 1. The summed E-state index contributed by atoms with van der Waals surface area (Å²) in [7, 11) is 1.77. The van der Waals surface area contributed by atoms with E-state index in [-0.39, 0.29) is 0 Å². The van der Waals surface area contributed by atoms with Gasteiger partial charge in [0, 0.05) is 26.0 Å². The number of nitrogens with zero attached hydrogens (tertiary/aromatic N) is 2. The average Bonchev–Trinajstić information content (AvgIpc) is 2.82. The minimum absolute atomic E-state index is 0.306. The highest BCUT2D eigenvalue weighted by molar-refractivity contribution is 4.99. The van der Waals surface area contributed by atoms with Gasteiger partial charge in [-0.25, -0.2) is 4.98 Å². The molecule has 4 nitrogen and oxygen atoms in total. The number of imidazole rings is 1. The molecule has 18 heavy (non-hydrogen) atoms. The van der Waals surface area contributed by atoms with Crippen molar-refractivity contribution in [1.82, 2.24) is 14.9 Å². The molecule has 4 heteroatoms. The van der Waals surface area contributed by atoms with Crippen LogP contribution in [0.2, 0.25) is 0 Å². The molecule has 0 aromatic carbocycles. The lowest BCUT2D eigenvalue weighted by Crippen LogP contribution is -2.25. The Morgan fingerprint density at radius 2 is 2.17 bits per heavy atom. The molecule has 1 aromatic heterocycles. The Morgan fingerprint density at radius 1 is 1.39 bits per heavy atom. The summed E-state index contributed by atoms with van der Waals surface area (Å²) in [5.41, 5.74) is 0. The fourth-order valence-electron chi connectivity index (χ4n) is 2.15. The highest BCUT2D eigenvalue weighted by Crippen LogP contribution is 2.19. The Labute approximate surface area is 111 Å². The number of aryl methyl sites for hydroxylation is 1. The van der Waals surface area contributed by atoms with Gasteiger partial charge < -0.3 is 14.6 Å². The molecule has 0 saturated carbocycles. The third kappa shape index (κ3) is 4.42. The molecule has 2 unspecified atom stereocenters. The van der Waals surface area contributed by atoms with Crippen molar-refractivity contribution in [3.63, 3.8) is 0 Å². The first kappa shape index (κ1) is 15.2. The largest absolute Gasteiger partial charge is 0.382 e. The Bertz CT molecular complexity index is 325. The van der Waals surface area contributed by atoms with Crippen molar-refractivity contribution >= 4 is 0 Å². The number of aromatic nitrogens is 2. The SMILES string of the molecule is CCCn1ccnc1C(CCC(C)OC)NCC. The third-order valence-corrected chi connectivity index (χ3v) is 3.24. The molecule has 1 N–H and O–H groups in total. The van der Waals surface area contributed by atoms with Gasteiger partial charge in [-0.2, -0.15) is 0 Å². The predicted octanol–water partition coefficient (Wildman–Crippen LogP) is 2.76. The Balaban J connectivity index is 2.67. The van der Waals surface area contributed by atoms with E-state index in [1.54, 1.807) is 7.11 Å². The van der Waals surface area contributed by atoms with Crippen molar-refractivity contribution in [1.29, 1.82) is 0 Å². The second kappa shape index (κ2) is 8.27. The standard InChI is InChI=1S/C14H27N3O/c1-5-10-17-11-9-16-14(17)13(15-6-2)8-7-12(3)18-4/h9,11-13,15H,5-8,10H2,1-4H3. The zero-order valence-corrected chi connectivity index (χ0v) is 12.1. The number of hydrogen-bond acceptors (Lipinski definition) is 3. The van der Waals surface area contributed by atoms with Crippen LogP contribution in [0.1, 0.15) is 51.9 Å². The Morgan fingerprint density at radius 3 is 2.78 bits per heavy atom. The van der Waals surface area contributed by atoms with Gasteiger partial charge in [0.05, 0.1) is 12.1 Å². The van der Waals surface area contributed by atoms with Crippen molar-refractivity contribution < 1.29 is 4.74 Å². The van der Waals surface area contributed by atoms with Gasteiger partial charge in [0.2, 0.25) is 0 Å². The molecular weight excluding hydrogens is 226 g/mol. The van der Waals surface area contributed by atoms with E-state index < -0.39 is 0 Å². The lowest BCUT2D eigenvalue weighted by Gasteiger charge is -2.20. The number of hydrogen-bond donors (Lipinski definition) is 1. The molecule has 0 aliphatic carbocycles. The van der Waals surface area contributed by atoms with Crippen LogP contribution >= 0.6 is 0 Å². The van der Waals surface area contributed by atoms with Crippen molar-refractivity contribution in [2.24, 2.45) is 0 Å².